The molecule has 8 N–H and O–H groups in total. The van der Waals surface area contributed by atoms with Gasteiger partial charge in [-0.3, -0.25) is 9.59 Å². The topological polar surface area (TPSA) is 312 Å². The highest BCUT2D eigenvalue weighted by Gasteiger charge is 2.03. The summed E-state index contributed by atoms with van der Waals surface area (Å²) in [6.07, 6.45) is 0.484. The molecule has 0 aromatic heterocycles. The molecule has 24 heteroatoms. The van der Waals surface area contributed by atoms with Crippen molar-refractivity contribution in [2.75, 3.05) is 210 Å². The van der Waals surface area contributed by atoms with E-state index in [0.717, 1.165) is 27.9 Å². The minimum absolute atomic E-state index is 0.0221. The molecule has 74 heavy (non-hydrogen) atoms. The lowest BCUT2D eigenvalue weighted by atomic mass is 10.1. The van der Waals surface area contributed by atoms with Crippen LogP contribution in [0.3, 0.4) is 0 Å². The van der Waals surface area contributed by atoms with Crippen molar-refractivity contribution in [3.63, 3.8) is 0 Å². The predicted molar refractivity (Wildman–Crippen MR) is 270 cm³/mol. The first-order chi connectivity index (χ1) is 36.3. The average Bonchev–Trinajstić information content (AvgIpc) is 3.42. The number of aliphatic hydroxyl groups excluding tert-OH is 5. The maximum absolute atomic E-state index is 10.9. The minimum Gasteiger partial charge on any atom is -0.469 e. The summed E-state index contributed by atoms with van der Waals surface area (Å²) in [7, 11) is 2.69. The van der Waals surface area contributed by atoms with Gasteiger partial charge in [0.15, 0.2) is 0 Å². The maximum Gasteiger partial charge on any atom is 0.307 e. The van der Waals surface area contributed by atoms with Crippen LogP contribution in [-0.4, -0.2) is 237 Å². The van der Waals surface area contributed by atoms with Gasteiger partial charge in [0.05, 0.1) is 232 Å². The molecule has 0 spiro atoms. The number of methoxy groups -OCH3 is 2. The largest absolute Gasteiger partial charge is 0.469 e. The van der Waals surface area contributed by atoms with Gasteiger partial charge in [0, 0.05) is 17.9 Å². The summed E-state index contributed by atoms with van der Waals surface area (Å²) >= 11 is 0. The lowest BCUT2D eigenvalue weighted by molar-refractivity contribution is -0.142. The van der Waals surface area contributed by atoms with Crippen molar-refractivity contribution in [1.29, 1.82) is 0 Å². The summed E-state index contributed by atoms with van der Waals surface area (Å²) < 4.78 is 78.8. The van der Waals surface area contributed by atoms with Gasteiger partial charge in [-0.2, -0.15) is 0 Å². The third-order valence-corrected chi connectivity index (χ3v) is 9.12. The van der Waals surface area contributed by atoms with Crippen LogP contribution in [0.15, 0.2) is 36.4 Å². The number of carbonyl (C=O) groups excluding carboxylic acids is 2. The van der Waals surface area contributed by atoms with Crippen molar-refractivity contribution in [2.24, 2.45) is 0 Å². The summed E-state index contributed by atoms with van der Waals surface area (Å²) in [5.74, 6) is -0.578. The van der Waals surface area contributed by atoms with E-state index in [-0.39, 0.29) is 57.8 Å². The molecule has 2 aromatic rings. The zero-order chi connectivity index (χ0) is 54.2. The van der Waals surface area contributed by atoms with Crippen molar-refractivity contribution >= 4 is 23.3 Å². The van der Waals surface area contributed by atoms with Gasteiger partial charge in [-0.25, -0.2) is 0 Å². The van der Waals surface area contributed by atoms with Gasteiger partial charge in [0.25, 0.3) is 0 Å². The fourth-order valence-electron chi connectivity index (χ4n) is 5.49. The fourth-order valence-corrected chi connectivity index (χ4v) is 5.49. The molecule has 24 nitrogen and oxygen atoms in total. The first-order valence-corrected chi connectivity index (χ1v) is 24.7. The number of anilines is 2. The highest BCUT2D eigenvalue weighted by atomic mass is 16.6. The molecule has 0 aliphatic heterocycles. The quantitative estimate of drug-likeness (QED) is 0.0272. The molecule has 0 saturated heterocycles. The fraction of sp³-hybridized carbons (Fsp3) is 0.720. The van der Waals surface area contributed by atoms with Crippen LogP contribution >= 0.6 is 0 Å². The minimum atomic E-state index is -0.291. The van der Waals surface area contributed by atoms with E-state index >= 15 is 0 Å². The van der Waals surface area contributed by atoms with Gasteiger partial charge in [0.1, 0.15) is 0 Å². The second-order valence-electron chi connectivity index (χ2n) is 15.0. The van der Waals surface area contributed by atoms with Crippen molar-refractivity contribution < 1.29 is 106 Å². The zero-order valence-corrected chi connectivity index (χ0v) is 43.8. The molecular weight excluding hydrogens is 981 g/mol. The molecule has 2 aromatic carbocycles. The number of ether oxygens (including phenoxy) is 15. The van der Waals surface area contributed by atoms with Gasteiger partial charge in [-0.05, 0) is 46.5 Å². The van der Waals surface area contributed by atoms with Crippen LogP contribution in [0.1, 0.15) is 35.1 Å². The Morgan fingerprint density at radius 2 is 0.608 bits per heavy atom. The molecule has 0 saturated carbocycles. The predicted octanol–water partition coefficient (Wildman–Crippen LogP) is 0.657. The highest BCUT2D eigenvalue weighted by Crippen LogP contribution is 2.15. The average molecular weight is 1070 g/mol. The first kappa shape index (κ1) is 70.3. The molecular formula is C50H88N2O22. The summed E-state index contributed by atoms with van der Waals surface area (Å²) in [5, 5.41) is 47.4. The molecule has 0 unspecified atom stereocenters. The molecule has 0 fully saturated rings. The number of benzene rings is 2. The Kier molecular flexibility index (Phi) is 52.7. The van der Waals surface area contributed by atoms with Gasteiger partial charge in [0.2, 0.25) is 0 Å². The summed E-state index contributed by atoms with van der Waals surface area (Å²) in [4.78, 5) is 21.7. The van der Waals surface area contributed by atoms with Gasteiger partial charge < -0.3 is 108 Å². The molecule has 0 amide bonds. The van der Waals surface area contributed by atoms with Crippen molar-refractivity contribution in [3.05, 3.63) is 58.7 Å². The lowest BCUT2D eigenvalue weighted by Gasteiger charge is -2.10. The maximum atomic E-state index is 10.9. The van der Waals surface area contributed by atoms with E-state index in [1.54, 1.807) is 24.3 Å². The van der Waals surface area contributed by atoms with E-state index in [1.807, 2.05) is 12.1 Å². The van der Waals surface area contributed by atoms with Crippen LogP contribution in [0.4, 0.5) is 11.4 Å². The van der Waals surface area contributed by atoms with Gasteiger partial charge in [-0.15, -0.1) is 0 Å². The van der Waals surface area contributed by atoms with Crippen molar-refractivity contribution in [1.82, 2.24) is 0 Å². The molecule has 0 aliphatic rings. The Labute approximate surface area is 436 Å². The van der Waals surface area contributed by atoms with Crippen LogP contribution < -0.4 is 11.1 Å². The van der Waals surface area contributed by atoms with Crippen LogP contribution in [0, 0.1) is 0 Å². The van der Waals surface area contributed by atoms with E-state index in [1.165, 1.54) is 14.2 Å². The monoisotopic (exact) mass is 1070 g/mol. The number of aliphatic hydroxyl groups is 5. The van der Waals surface area contributed by atoms with Crippen LogP contribution in [0.2, 0.25) is 0 Å². The molecule has 0 aliphatic carbocycles. The number of nitrogens with two attached hydrogens (primary N) is 1. The third kappa shape index (κ3) is 47.9. The molecule has 0 radical (unpaired) electrons. The van der Waals surface area contributed by atoms with Crippen molar-refractivity contribution in [2.45, 2.75) is 39.3 Å². The number of hydrogen-bond acceptors (Lipinski definition) is 24. The number of nitrogen functional groups attached to an aromatic ring is 1. The van der Waals surface area contributed by atoms with Gasteiger partial charge >= 0.3 is 11.9 Å². The molecule has 0 heterocycles. The summed E-state index contributed by atoms with van der Waals surface area (Å²) in [5.41, 5.74) is 9.82. The van der Waals surface area contributed by atoms with Crippen LogP contribution in [0.25, 0.3) is 0 Å². The Morgan fingerprint density at radius 1 is 0.365 bits per heavy atom. The van der Waals surface area contributed by atoms with E-state index < -0.39 is 0 Å². The van der Waals surface area contributed by atoms with Crippen LogP contribution in [-0.2, 0) is 107 Å². The Hall–Kier alpha value is -3.74. The Balaban J connectivity index is 0.00000139. The Morgan fingerprint density at radius 3 is 0.865 bits per heavy atom. The standard InChI is InChI=1S/C28H56O15.C14H21NO5.C8H11NO2/c1-31-28(30)2-4-32-6-8-34-10-12-36-14-16-38-18-20-40-22-24-42-26-27-43-25-23-41-21-19-39-17-15-37-13-11-35-9-7-33-5-3-29;1-19-14(18)2-4-20-5-3-15-13-7-11(9-16)6-12(8-13)10-17;9-8-2-6(4-10)1-7(3-8)5-11/h29H,2-27H2,1H3;6-8,15-17H,2-5,9-10H2,1H3;1-3,10-11H,4-5,9H2. The normalized spacial score (nSPS) is 10.9. The number of rotatable bonds is 49. The van der Waals surface area contributed by atoms with E-state index in [9.17, 15) is 9.59 Å². The van der Waals surface area contributed by atoms with E-state index in [4.69, 9.17) is 92.8 Å². The lowest BCUT2D eigenvalue weighted by Crippen LogP contribution is -2.15. The molecule has 2 rings (SSSR count). The first-order valence-electron chi connectivity index (χ1n) is 24.7. The van der Waals surface area contributed by atoms with Crippen molar-refractivity contribution in [3.8, 4) is 0 Å². The second kappa shape index (κ2) is 55.5. The highest BCUT2D eigenvalue weighted by molar-refractivity contribution is 5.69. The Bertz CT molecular complexity index is 1510. The smallest absolute Gasteiger partial charge is 0.307 e. The van der Waals surface area contributed by atoms with Crippen LogP contribution in [0.5, 0.6) is 0 Å². The summed E-state index contributed by atoms with van der Waals surface area (Å²) in [6, 6.07) is 10.5. The van der Waals surface area contributed by atoms with E-state index in [2.05, 4.69) is 14.8 Å². The number of esters is 2. The molecule has 430 valence electrons. The second-order valence-corrected chi connectivity index (χ2v) is 15.0. The third-order valence-electron chi connectivity index (χ3n) is 9.12. The number of carbonyl (C=O) groups is 2. The number of nitrogens with one attached hydrogen (secondary N) is 1. The summed E-state index contributed by atoms with van der Waals surface area (Å²) in [6.45, 7) is 12.5. The molecule has 0 atom stereocenters. The number of hydrogen-bond donors (Lipinski definition) is 7. The van der Waals surface area contributed by atoms with Gasteiger partial charge in [-0.1, -0.05) is 12.1 Å². The zero-order valence-electron chi connectivity index (χ0n) is 43.8. The molecule has 0 bridgehead atoms. The SMILES string of the molecule is COC(=O)CCOCCNc1cc(CO)cc(CO)c1.COC(=O)CCOCCOCCOCCOCCOCCOCCOCCOCCOCCOCCOCCOCCO.Nc1cc(CO)cc(CO)c1. The van der Waals surface area contributed by atoms with E-state index in [0.29, 0.717) is 184 Å².